The summed E-state index contributed by atoms with van der Waals surface area (Å²) >= 11 is 8.72. The number of carbonyl (C=O) groups is 1. The predicted molar refractivity (Wildman–Crippen MR) is 130 cm³/mol. The van der Waals surface area contributed by atoms with Crippen LogP contribution in [0.2, 0.25) is 5.02 Å². The molecule has 1 aromatic carbocycles. The van der Waals surface area contributed by atoms with Crippen molar-refractivity contribution in [1.29, 1.82) is 5.26 Å². The van der Waals surface area contributed by atoms with E-state index in [0.717, 1.165) is 29.7 Å². The lowest BCUT2D eigenvalue weighted by Crippen LogP contribution is -2.49. The molecule has 0 spiro atoms. The number of nitrogens with zero attached hydrogens (tertiary/aromatic N) is 3. The van der Waals surface area contributed by atoms with Crippen LogP contribution in [0.15, 0.2) is 34.2 Å². The van der Waals surface area contributed by atoms with E-state index in [1.165, 1.54) is 27.7 Å². The van der Waals surface area contributed by atoms with Gasteiger partial charge in [0.15, 0.2) is 5.16 Å². The fourth-order valence-electron chi connectivity index (χ4n) is 4.04. The maximum atomic E-state index is 13.5. The van der Waals surface area contributed by atoms with Crippen LogP contribution in [-0.2, 0) is 4.79 Å². The highest BCUT2D eigenvalue weighted by Crippen LogP contribution is 2.31. The van der Waals surface area contributed by atoms with Crippen LogP contribution >= 0.6 is 34.7 Å². The Bertz CT molecular complexity index is 1270. The number of carbonyl (C=O) groups excluding carboxylic acids is 1. The summed E-state index contributed by atoms with van der Waals surface area (Å²) in [5, 5.41) is 14.2. The fourth-order valence-corrected chi connectivity index (χ4v) is 6.05. The van der Waals surface area contributed by atoms with E-state index in [-0.39, 0.29) is 17.2 Å². The molecule has 0 bridgehead atoms. The van der Waals surface area contributed by atoms with E-state index in [0.29, 0.717) is 38.9 Å². The quantitative estimate of drug-likeness (QED) is 0.398. The normalized spacial score (nSPS) is 15.4. The minimum absolute atomic E-state index is 0.0678. The molecule has 1 fully saturated rings. The number of halogens is 1. The highest BCUT2D eigenvalue weighted by Gasteiger charge is 2.33. The van der Waals surface area contributed by atoms with Crippen LogP contribution < -0.4 is 10.9 Å². The molecule has 1 saturated carbocycles. The first kappa shape index (κ1) is 22.8. The average molecular weight is 487 g/mol. The minimum atomic E-state index is -0.787. The molecule has 32 heavy (non-hydrogen) atoms. The van der Waals surface area contributed by atoms with Crippen LogP contribution in [0.1, 0.15) is 42.5 Å². The molecule has 0 atom stereocenters. The molecule has 2 aromatic heterocycles. The molecule has 1 aliphatic carbocycles. The second-order valence-corrected chi connectivity index (χ2v) is 10.6. The molecule has 0 unspecified atom stereocenters. The van der Waals surface area contributed by atoms with Crippen LogP contribution in [0.5, 0.6) is 0 Å². The van der Waals surface area contributed by atoms with E-state index in [1.807, 2.05) is 13.8 Å². The lowest BCUT2D eigenvalue weighted by atomic mass is 9.83. The van der Waals surface area contributed by atoms with Gasteiger partial charge in [0.2, 0.25) is 5.91 Å². The second kappa shape index (κ2) is 9.26. The Morgan fingerprint density at radius 1 is 1.28 bits per heavy atom. The van der Waals surface area contributed by atoms with Gasteiger partial charge in [-0.2, -0.15) is 5.26 Å². The molecule has 0 saturated heterocycles. The van der Waals surface area contributed by atoms with E-state index in [2.05, 4.69) is 11.4 Å². The van der Waals surface area contributed by atoms with Gasteiger partial charge in [-0.15, -0.1) is 11.3 Å². The first-order valence-electron chi connectivity index (χ1n) is 10.5. The average Bonchev–Trinajstić information content (AvgIpc) is 3.07. The summed E-state index contributed by atoms with van der Waals surface area (Å²) in [5.74, 6) is -0.160. The Balaban J connectivity index is 1.67. The summed E-state index contributed by atoms with van der Waals surface area (Å²) in [6.45, 7) is 3.90. The van der Waals surface area contributed by atoms with Crippen LogP contribution in [-0.4, -0.2) is 26.8 Å². The number of thioether (sulfide) groups is 1. The third kappa shape index (κ3) is 4.42. The van der Waals surface area contributed by atoms with Crippen LogP contribution in [0.3, 0.4) is 0 Å². The number of nitrogens with one attached hydrogen (secondary N) is 1. The SMILES string of the molecule is Cc1sc2nc(SCC(=O)NC3(C#N)CCCCC3)n(-c3ccc(Cl)cc3)c(=O)c2c1C. The van der Waals surface area contributed by atoms with Gasteiger partial charge in [0, 0.05) is 9.90 Å². The zero-order valence-corrected chi connectivity index (χ0v) is 20.3. The Morgan fingerprint density at radius 2 is 1.97 bits per heavy atom. The summed E-state index contributed by atoms with van der Waals surface area (Å²) in [6, 6.07) is 9.29. The molecule has 1 N–H and O–H groups in total. The monoisotopic (exact) mass is 486 g/mol. The lowest BCUT2D eigenvalue weighted by Gasteiger charge is -2.31. The fraction of sp³-hybridized carbons (Fsp3) is 0.391. The van der Waals surface area contributed by atoms with Gasteiger partial charge in [0.25, 0.3) is 5.56 Å². The van der Waals surface area contributed by atoms with Crippen molar-refractivity contribution < 1.29 is 4.79 Å². The summed E-state index contributed by atoms with van der Waals surface area (Å²) in [5.41, 5.74) is 0.613. The number of hydrogen-bond acceptors (Lipinski definition) is 6. The van der Waals surface area contributed by atoms with Crippen molar-refractivity contribution in [1.82, 2.24) is 14.9 Å². The molecular weight excluding hydrogens is 464 g/mol. The maximum absolute atomic E-state index is 13.5. The highest BCUT2D eigenvalue weighted by atomic mass is 35.5. The van der Waals surface area contributed by atoms with Crippen molar-refractivity contribution in [3.63, 3.8) is 0 Å². The number of thiophene rings is 1. The van der Waals surface area contributed by atoms with Crippen LogP contribution in [0.25, 0.3) is 15.9 Å². The first-order valence-corrected chi connectivity index (χ1v) is 12.7. The van der Waals surface area contributed by atoms with Gasteiger partial charge in [-0.25, -0.2) is 4.98 Å². The van der Waals surface area contributed by atoms with E-state index in [1.54, 1.807) is 24.3 Å². The van der Waals surface area contributed by atoms with Gasteiger partial charge in [-0.05, 0) is 56.5 Å². The van der Waals surface area contributed by atoms with Crippen molar-refractivity contribution in [2.24, 2.45) is 0 Å². The third-order valence-electron chi connectivity index (χ3n) is 5.89. The van der Waals surface area contributed by atoms with Crippen LogP contribution in [0.4, 0.5) is 0 Å². The molecule has 0 aliphatic heterocycles. The second-order valence-electron chi connectivity index (χ2n) is 8.07. The number of nitriles is 1. The van der Waals surface area contributed by atoms with E-state index >= 15 is 0 Å². The third-order valence-corrected chi connectivity index (χ3v) is 8.18. The largest absolute Gasteiger partial charge is 0.337 e. The van der Waals surface area contributed by atoms with Crippen LogP contribution in [0, 0.1) is 25.2 Å². The number of benzene rings is 1. The Morgan fingerprint density at radius 3 is 2.62 bits per heavy atom. The van der Waals surface area contributed by atoms with Crippen molar-refractivity contribution in [3.05, 3.63) is 50.1 Å². The molecule has 4 rings (SSSR count). The molecular formula is C23H23ClN4O2S2. The maximum Gasteiger partial charge on any atom is 0.267 e. The molecule has 1 aliphatic rings. The number of aromatic nitrogens is 2. The topological polar surface area (TPSA) is 87.8 Å². The Kier molecular flexibility index (Phi) is 6.61. The molecule has 0 radical (unpaired) electrons. The van der Waals surface area contributed by atoms with Crippen molar-refractivity contribution >= 4 is 50.8 Å². The lowest BCUT2D eigenvalue weighted by molar-refractivity contribution is -0.120. The molecule has 9 heteroatoms. The van der Waals surface area contributed by atoms with Gasteiger partial charge in [-0.3, -0.25) is 14.2 Å². The van der Waals surface area contributed by atoms with Gasteiger partial charge < -0.3 is 5.32 Å². The molecule has 1 amide bonds. The van der Waals surface area contributed by atoms with Gasteiger partial charge >= 0.3 is 0 Å². The molecule has 2 heterocycles. The van der Waals surface area contributed by atoms with E-state index < -0.39 is 5.54 Å². The summed E-state index contributed by atoms with van der Waals surface area (Å²) < 4.78 is 1.54. The smallest absolute Gasteiger partial charge is 0.267 e. The number of fused-ring (bicyclic) bond motifs is 1. The molecule has 6 nitrogen and oxygen atoms in total. The van der Waals surface area contributed by atoms with Gasteiger partial charge in [0.1, 0.15) is 10.4 Å². The number of amides is 1. The number of aryl methyl sites for hydroxylation is 2. The number of rotatable bonds is 5. The summed E-state index contributed by atoms with van der Waals surface area (Å²) in [4.78, 5) is 32.6. The standard InChI is InChI=1S/C23H23ClN4O2S2/c1-14-15(2)32-20-19(14)21(30)28(17-8-6-16(24)7-9-17)22(26-20)31-12-18(29)27-23(13-25)10-4-3-5-11-23/h6-9H,3-5,10-12H2,1-2H3,(H,27,29). The Labute approximate surface area is 199 Å². The zero-order valence-electron chi connectivity index (χ0n) is 17.9. The molecule has 166 valence electrons. The number of hydrogen-bond donors (Lipinski definition) is 1. The van der Waals surface area contributed by atoms with E-state index in [9.17, 15) is 14.9 Å². The first-order chi connectivity index (χ1) is 15.3. The Hall–Kier alpha value is -2.34. The predicted octanol–water partition coefficient (Wildman–Crippen LogP) is 5.15. The zero-order chi connectivity index (χ0) is 22.9. The molecule has 3 aromatic rings. The van der Waals surface area contributed by atoms with Crippen molar-refractivity contribution in [2.45, 2.75) is 56.6 Å². The highest BCUT2D eigenvalue weighted by molar-refractivity contribution is 7.99. The van der Waals surface area contributed by atoms with Gasteiger partial charge in [0.05, 0.1) is 22.9 Å². The van der Waals surface area contributed by atoms with Crippen molar-refractivity contribution in [2.75, 3.05) is 5.75 Å². The minimum Gasteiger partial charge on any atom is -0.337 e. The van der Waals surface area contributed by atoms with Gasteiger partial charge in [-0.1, -0.05) is 42.6 Å². The summed E-state index contributed by atoms with van der Waals surface area (Å²) in [6.07, 6.45) is 4.31. The summed E-state index contributed by atoms with van der Waals surface area (Å²) in [7, 11) is 0. The van der Waals surface area contributed by atoms with E-state index in [4.69, 9.17) is 16.6 Å². The van der Waals surface area contributed by atoms with Crippen molar-refractivity contribution in [3.8, 4) is 11.8 Å².